The molecular formula is C31H27FN2O7S. The van der Waals surface area contributed by atoms with E-state index < -0.39 is 23.5 Å². The Hall–Kier alpha value is -4.64. The molecule has 4 aromatic rings. The molecular weight excluding hydrogens is 563 g/mol. The van der Waals surface area contributed by atoms with E-state index in [0.717, 1.165) is 17.8 Å². The highest BCUT2D eigenvalue weighted by Gasteiger charge is 2.48. The van der Waals surface area contributed by atoms with E-state index in [-0.39, 0.29) is 22.0 Å². The number of ether oxygens (including phenoxy) is 4. The highest BCUT2D eigenvalue weighted by molar-refractivity contribution is 7.22. The first-order chi connectivity index (χ1) is 20.4. The second-order valence-electron chi connectivity index (χ2n) is 9.62. The van der Waals surface area contributed by atoms with Crippen molar-refractivity contribution >= 4 is 44.1 Å². The minimum Gasteiger partial charge on any atom is -0.507 e. The topological polar surface area (TPSA) is 107 Å². The molecule has 0 radical (unpaired) electrons. The fraction of sp³-hybridized carbons (Fsp3) is 0.258. The van der Waals surface area contributed by atoms with Gasteiger partial charge in [-0.25, -0.2) is 9.37 Å². The van der Waals surface area contributed by atoms with Crippen LogP contribution in [0.3, 0.4) is 0 Å². The number of aliphatic hydroxyl groups excluding tert-OH is 1. The molecule has 2 aliphatic heterocycles. The van der Waals surface area contributed by atoms with Crippen molar-refractivity contribution < 1.29 is 38.0 Å². The van der Waals surface area contributed by atoms with Crippen molar-refractivity contribution in [3.05, 3.63) is 77.1 Å². The van der Waals surface area contributed by atoms with Crippen molar-refractivity contribution in [2.45, 2.75) is 26.3 Å². The minimum atomic E-state index is -1.07. The first kappa shape index (κ1) is 27.5. The van der Waals surface area contributed by atoms with Gasteiger partial charge >= 0.3 is 5.91 Å². The van der Waals surface area contributed by atoms with Crippen molar-refractivity contribution in [3.8, 4) is 23.0 Å². The van der Waals surface area contributed by atoms with Crippen LogP contribution in [0.5, 0.6) is 23.0 Å². The summed E-state index contributed by atoms with van der Waals surface area (Å²) < 4.78 is 37.5. The molecule has 1 amide bonds. The Labute approximate surface area is 244 Å². The average Bonchev–Trinajstić information content (AvgIpc) is 3.53. The number of amides is 1. The lowest BCUT2D eigenvalue weighted by atomic mass is 9.95. The summed E-state index contributed by atoms with van der Waals surface area (Å²) in [6.45, 7) is 5.40. The fourth-order valence-electron chi connectivity index (χ4n) is 4.98. The summed E-state index contributed by atoms with van der Waals surface area (Å²) in [4.78, 5) is 33.1. The van der Waals surface area contributed by atoms with Gasteiger partial charge in [-0.05, 0) is 67.4 Å². The number of ketones is 1. The number of carbonyl (C=O) groups is 2. The molecule has 3 heterocycles. The molecule has 9 nitrogen and oxygen atoms in total. The van der Waals surface area contributed by atoms with Crippen LogP contribution in [0, 0.1) is 5.82 Å². The maximum absolute atomic E-state index is 14.0. The number of nitrogens with zero attached hydrogens (tertiary/aromatic N) is 2. The molecule has 1 N–H and O–H groups in total. The van der Waals surface area contributed by atoms with Gasteiger partial charge in [0.1, 0.15) is 24.8 Å². The highest BCUT2D eigenvalue weighted by Crippen LogP contribution is 2.46. The maximum atomic E-state index is 14.0. The molecule has 0 bridgehead atoms. The van der Waals surface area contributed by atoms with Gasteiger partial charge in [0.05, 0.1) is 35.0 Å². The Kier molecular flexibility index (Phi) is 7.42. The van der Waals surface area contributed by atoms with Gasteiger partial charge in [0, 0.05) is 5.56 Å². The number of thiazole rings is 1. The number of aliphatic hydroxyl groups is 1. The summed E-state index contributed by atoms with van der Waals surface area (Å²) in [5.74, 6) is -0.708. The maximum Gasteiger partial charge on any atom is 0.301 e. The summed E-state index contributed by atoms with van der Waals surface area (Å²) in [5.41, 5.74) is 1.11. The van der Waals surface area contributed by atoms with Gasteiger partial charge in [0.2, 0.25) is 0 Å². The zero-order valence-corrected chi connectivity index (χ0v) is 23.7. The lowest BCUT2D eigenvalue weighted by Crippen LogP contribution is -2.29. The number of carbonyl (C=O) groups excluding carboxylic acids is 2. The van der Waals surface area contributed by atoms with E-state index in [2.05, 4.69) is 4.98 Å². The molecule has 1 unspecified atom stereocenters. The van der Waals surface area contributed by atoms with Gasteiger partial charge in [-0.15, -0.1) is 0 Å². The van der Waals surface area contributed by atoms with Gasteiger partial charge in [-0.3, -0.25) is 14.5 Å². The van der Waals surface area contributed by atoms with Gasteiger partial charge in [0.25, 0.3) is 5.78 Å². The number of hydrogen-bond donors (Lipinski definition) is 1. The molecule has 216 valence electrons. The van der Waals surface area contributed by atoms with E-state index in [1.165, 1.54) is 23.1 Å². The second kappa shape index (κ2) is 11.3. The largest absolute Gasteiger partial charge is 0.507 e. The second-order valence-corrected chi connectivity index (χ2v) is 10.6. The molecule has 1 fully saturated rings. The van der Waals surface area contributed by atoms with Crippen molar-refractivity contribution in [2.24, 2.45) is 0 Å². The van der Waals surface area contributed by atoms with Crippen LogP contribution < -0.4 is 23.8 Å². The van der Waals surface area contributed by atoms with E-state index in [1.807, 2.05) is 13.8 Å². The van der Waals surface area contributed by atoms with E-state index in [0.29, 0.717) is 65.2 Å². The molecule has 0 spiro atoms. The van der Waals surface area contributed by atoms with Gasteiger partial charge in [0.15, 0.2) is 28.1 Å². The summed E-state index contributed by atoms with van der Waals surface area (Å²) in [5, 5.41) is 11.8. The predicted octanol–water partition coefficient (Wildman–Crippen LogP) is 6.02. The summed E-state index contributed by atoms with van der Waals surface area (Å²) in [7, 11) is 0. The monoisotopic (exact) mass is 590 g/mol. The van der Waals surface area contributed by atoms with E-state index >= 15 is 0 Å². The van der Waals surface area contributed by atoms with Crippen LogP contribution in [0.1, 0.15) is 37.4 Å². The van der Waals surface area contributed by atoms with Crippen LogP contribution in [-0.2, 0) is 9.59 Å². The predicted molar refractivity (Wildman–Crippen MR) is 155 cm³/mol. The van der Waals surface area contributed by atoms with Gasteiger partial charge in [-0.2, -0.15) is 0 Å². The normalized spacial score (nSPS) is 17.6. The molecule has 6 rings (SSSR count). The standard InChI is InChI=1S/C31H27FN2O7S/c1-3-11-39-21-9-5-17(14-23(21)38-4-2)27-26(28(35)18-6-10-22-24(15-18)41-13-12-40-22)29(36)30(37)34(27)31-33-20-8-7-19(32)16-25(20)42-31/h5-10,14-16,27,35H,3-4,11-13H2,1-2H3. The SMILES string of the molecule is CCCOc1ccc(C2C(=C(O)c3ccc4c(c3)OCCO4)C(=O)C(=O)N2c2nc3ccc(F)cc3s2)cc1OCC. The molecule has 11 heteroatoms. The molecule has 42 heavy (non-hydrogen) atoms. The Bertz CT molecular complexity index is 1730. The summed E-state index contributed by atoms with van der Waals surface area (Å²) >= 11 is 1.07. The first-order valence-electron chi connectivity index (χ1n) is 13.6. The third-order valence-corrected chi connectivity index (χ3v) is 7.87. The Morgan fingerprint density at radius 3 is 2.62 bits per heavy atom. The van der Waals surface area contributed by atoms with Gasteiger partial charge < -0.3 is 24.1 Å². The third-order valence-electron chi connectivity index (χ3n) is 6.85. The Balaban J connectivity index is 1.53. The average molecular weight is 591 g/mol. The molecule has 0 saturated carbocycles. The van der Waals surface area contributed by atoms with Crippen LogP contribution >= 0.6 is 11.3 Å². The van der Waals surface area contributed by atoms with E-state index in [1.54, 1.807) is 36.4 Å². The van der Waals surface area contributed by atoms with E-state index in [9.17, 15) is 19.1 Å². The van der Waals surface area contributed by atoms with Crippen molar-refractivity contribution in [1.82, 2.24) is 4.98 Å². The fourth-order valence-corrected chi connectivity index (χ4v) is 5.99. The first-order valence-corrected chi connectivity index (χ1v) is 14.4. The Morgan fingerprint density at radius 1 is 1.02 bits per heavy atom. The number of anilines is 1. The van der Waals surface area contributed by atoms with Crippen LogP contribution in [-0.4, -0.2) is 48.2 Å². The third kappa shape index (κ3) is 4.89. The molecule has 3 aromatic carbocycles. The van der Waals surface area contributed by atoms with Crippen LogP contribution in [0.4, 0.5) is 9.52 Å². The smallest absolute Gasteiger partial charge is 0.301 e. The molecule has 0 aliphatic carbocycles. The summed E-state index contributed by atoms with van der Waals surface area (Å²) in [6.07, 6.45) is 0.793. The van der Waals surface area contributed by atoms with Crippen LogP contribution in [0.15, 0.2) is 60.2 Å². The van der Waals surface area contributed by atoms with Crippen LogP contribution in [0.2, 0.25) is 0 Å². The number of halogens is 1. The highest BCUT2D eigenvalue weighted by atomic mass is 32.1. The zero-order chi connectivity index (χ0) is 29.4. The minimum absolute atomic E-state index is 0.133. The number of rotatable bonds is 8. The molecule has 1 aromatic heterocycles. The zero-order valence-electron chi connectivity index (χ0n) is 22.9. The number of Topliss-reactive ketones (excluding diaryl/α,β-unsaturated/α-hetero) is 1. The van der Waals surface area contributed by atoms with Crippen molar-refractivity contribution in [3.63, 3.8) is 0 Å². The lowest BCUT2D eigenvalue weighted by molar-refractivity contribution is -0.132. The van der Waals surface area contributed by atoms with Crippen molar-refractivity contribution in [1.29, 1.82) is 0 Å². The van der Waals surface area contributed by atoms with E-state index in [4.69, 9.17) is 18.9 Å². The molecule has 2 aliphatic rings. The molecule has 1 saturated heterocycles. The number of aromatic nitrogens is 1. The quantitative estimate of drug-likeness (QED) is 0.151. The molecule has 1 atom stereocenters. The number of fused-ring (bicyclic) bond motifs is 2. The van der Waals surface area contributed by atoms with Crippen LogP contribution in [0.25, 0.3) is 16.0 Å². The van der Waals surface area contributed by atoms with Crippen molar-refractivity contribution in [2.75, 3.05) is 31.3 Å². The Morgan fingerprint density at radius 2 is 1.83 bits per heavy atom. The lowest BCUT2D eigenvalue weighted by Gasteiger charge is -2.24. The number of benzene rings is 3. The van der Waals surface area contributed by atoms with Gasteiger partial charge in [-0.1, -0.05) is 24.3 Å². The number of hydrogen-bond acceptors (Lipinski definition) is 9. The summed E-state index contributed by atoms with van der Waals surface area (Å²) in [6, 6.07) is 13.0.